The van der Waals surface area contributed by atoms with Gasteiger partial charge in [0.15, 0.2) is 5.11 Å². The summed E-state index contributed by atoms with van der Waals surface area (Å²) in [4.78, 5) is 19.9. The Bertz CT molecular complexity index is 1540. The van der Waals surface area contributed by atoms with Crippen molar-refractivity contribution < 1.29 is 4.79 Å². The van der Waals surface area contributed by atoms with Gasteiger partial charge in [0.25, 0.3) is 0 Å². The van der Waals surface area contributed by atoms with E-state index in [1.807, 2.05) is 50.4 Å². The molecule has 0 spiro atoms. The molecule has 0 saturated carbocycles. The molecule has 0 aliphatic carbocycles. The number of carbonyl (C=O) groups is 1. The minimum Gasteiger partial charge on any atom is -0.352 e. The second-order valence-corrected chi connectivity index (χ2v) is 11.0. The third-order valence-corrected chi connectivity index (χ3v) is 8.20. The Kier molecular flexibility index (Phi) is 8.03. The number of hydrogen-bond donors (Lipinski definition) is 2. The predicted molar refractivity (Wildman–Crippen MR) is 166 cm³/mol. The lowest BCUT2D eigenvalue weighted by Gasteiger charge is -2.28. The predicted octanol–water partition coefficient (Wildman–Crippen LogP) is 6.67. The van der Waals surface area contributed by atoms with Crippen LogP contribution in [0.15, 0.2) is 72.9 Å². The van der Waals surface area contributed by atoms with Gasteiger partial charge in [0.2, 0.25) is 5.91 Å². The van der Waals surface area contributed by atoms with Gasteiger partial charge in [0, 0.05) is 41.9 Å². The van der Waals surface area contributed by atoms with Gasteiger partial charge in [0.1, 0.15) is 0 Å². The summed E-state index contributed by atoms with van der Waals surface area (Å²) in [6.07, 6.45) is 3.09. The van der Waals surface area contributed by atoms with E-state index in [0.29, 0.717) is 18.1 Å². The first-order chi connectivity index (χ1) is 19.3. The van der Waals surface area contributed by atoms with Gasteiger partial charge in [-0.1, -0.05) is 43.3 Å². The molecule has 1 aliphatic heterocycles. The highest BCUT2D eigenvalue weighted by Gasteiger charge is 2.41. The van der Waals surface area contributed by atoms with Crippen molar-refractivity contribution in [2.45, 2.75) is 59.5 Å². The Labute approximate surface area is 242 Å². The molecule has 1 saturated heterocycles. The van der Waals surface area contributed by atoms with E-state index in [0.717, 1.165) is 28.9 Å². The lowest BCUT2D eigenvalue weighted by Crippen LogP contribution is -2.33. The van der Waals surface area contributed by atoms with Crippen molar-refractivity contribution in [2.24, 2.45) is 0 Å². The SMILES string of the molecule is CCc1ccccc1-n1c(C)cc([C@H]2[C@@H](c3ccccn3)NC(=S)N2CCC(=O)Nc2cc(C)ccc2C)c1C. The summed E-state index contributed by atoms with van der Waals surface area (Å²) >= 11 is 5.88. The zero-order chi connectivity index (χ0) is 28.4. The molecule has 2 aromatic carbocycles. The molecule has 2 N–H and O–H groups in total. The van der Waals surface area contributed by atoms with Crippen molar-refractivity contribution in [1.29, 1.82) is 0 Å². The Morgan fingerprint density at radius 2 is 1.80 bits per heavy atom. The molecule has 2 atom stereocenters. The van der Waals surface area contributed by atoms with Crippen molar-refractivity contribution >= 4 is 28.9 Å². The fourth-order valence-corrected chi connectivity index (χ4v) is 6.11. The van der Waals surface area contributed by atoms with Gasteiger partial charge in [-0.3, -0.25) is 9.78 Å². The van der Waals surface area contributed by atoms with Gasteiger partial charge < -0.3 is 20.1 Å². The van der Waals surface area contributed by atoms with E-state index in [2.05, 4.69) is 82.3 Å². The minimum atomic E-state index is -0.133. The maximum absolute atomic E-state index is 13.1. The van der Waals surface area contributed by atoms with Gasteiger partial charge in [-0.15, -0.1) is 0 Å². The van der Waals surface area contributed by atoms with E-state index >= 15 is 0 Å². The lowest BCUT2D eigenvalue weighted by molar-refractivity contribution is -0.116. The summed E-state index contributed by atoms with van der Waals surface area (Å²) in [5, 5.41) is 7.27. The Balaban J connectivity index is 1.48. The van der Waals surface area contributed by atoms with Crippen LogP contribution in [0.2, 0.25) is 0 Å². The molecule has 3 heterocycles. The van der Waals surface area contributed by atoms with Crippen LogP contribution in [-0.2, 0) is 11.2 Å². The molecule has 5 rings (SSSR count). The van der Waals surface area contributed by atoms with Crippen LogP contribution in [0.25, 0.3) is 5.69 Å². The van der Waals surface area contributed by atoms with Crippen molar-refractivity contribution in [2.75, 3.05) is 11.9 Å². The molecule has 40 heavy (non-hydrogen) atoms. The van der Waals surface area contributed by atoms with E-state index in [4.69, 9.17) is 12.2 Å². The third kappa shape index (κ3) is 5.39. The first kappa shape index (κ1) is 27.6. The number of rotatable bonds is 8. The number of para-hydroxylation sites is 1. The summed E-state index contributed by atoms with van der Waals surface area (Å²) in [5.41, 5.74) is 9.96. The molecule has 1 fully saturated rings. The van der Waals surface area contributed by atoms with Crippen LogP contribution >= 0.6 is 12.2 Å². The van der Waals surface area contributed by atoms with Crippen LogP contribution in [0, 0.1) is 27.7 Å². The fourth-order valence-electron chi connectivity index (χ4n) is 5.78. The number of nitrogens with one attached hydrogen (secondary N) is 2. The first-order valence-corrected chi connectivity index (χ1v) is 14.3. The van der Waals surface area contributed by atoms with Crippen LogP contribution < -0.4 is 10.6 Å². The zero-order valence-electron chi connectivity index (χ0n) is 23.9. The number of aryl methyl sites for hydroxylation is 4. The molecule has 4 aromatic rings. The molecular formula is C33H37N5OS. The van der Waals surface area contributed by atoms with E-state index in [9.17, 15) is 4.79 Å². The number of pyridine rings is 1. The van der Waals surface area contributed by atoms with Crippen molar-refractivity contribution in [3.05, 3.63) is 112 Å². The summed E-state index contributed by atoms with van der Waals surface area (Å²) in [6.45, 7) is 11.1. The summed E-state index contributed by atoms with van der Waals surface area (Å²) < 4.78 is 2.34. The number of nitrogens with zero attached hydrogens (tertiary/aromatic N) is 3. The third-order valence-electron chi connectivity index (χ3n) is 7.85. The molecule has 7 heteroatoms. The second-order valence-electron chi connectivity index (χ2n) is 10.6. The molecule has 6 nitrogen and oxygen atoms in total. The van der Waals surface area contributed by atoms with Gasteiger partial charge in [0.05, 0.1) is 17.8 Å². The molecule has 1 aliphatic rings. The standard InChI is InChI=1S/C33H37N5OS/c1-6-25-11-7-8-13-29(25)38-23(4)20-26(24(38)5)32-31(27-12-9-10-17-34-27)36-33(40)37(32)18-16-30(39)35-28-19-21(2)14-15-22(28)3/h7-15,17,19-20,31-32H,6,16,18H2,1-5H3,(H,35,39)(H,36,40)/t31-,32+/m1/s1. The Morgan fingerprint density at radius 3 is 2.55 bits per heavy atom. The Morgan fingerprint density at radius 1 is 1.02 bits per heavy atom. The van der Waals surface area contributed by atoms with Gasteiger partial charge in [-0.05, 0) is 98.9 Å². The average molecular weight is 552 g/mol. The van der Waals surface area contributed by atoms with Crippen molar-refractivity contribution in [1.82, 2.24) is 19.8 Å². The molecule has 2 aromatic heterocycles. The van der Waals surface area contributed by atoms with Crippen molar-refractivity contribution in [3.8, 4) is 5.69 Å². The van der Waals surface area contributed by atoms with E-state index in [1.165, 1.54) is 28.2 Å². The number of hydrogen-bond acceptors (Lipinski definition) is 3. The quantitative estimate of drug-likeness (QED) is 0.240. The van der Waals surface area contributed by atoms with Gasteiger partial charge in [-0.2, -0.15) is 0 Å². The van der Waals surface area contributed by atoms with E-state index in [-0.39, 0.29) is 18.0 Å². The topological polar surface area (TPSA) is 62.2 Å². The smallest absolute Gasteiger partial charge is 0.226 e. The molecule has 0 radical (unpaired) electrons. The van der Waals surface area contributed by atoms with Gasteiger partial charge >= 0.3 is 0 Å². The zero-order valence-corrected chi connectivity index (χ0v) is 24.7. The monoisotopic (exact) mass is 551 g/mol. The van der Waals surface area contributed by atoms with Crippen LogP contribution in [0.4, 0.5) is 5.69 Å². The highest BCUT2D eigenvalue weighted by Crippen LogP contribution is 2.41. The lowest BCUT2D eigenvalue weighted by atomic mass is 9.96. The average Bonchev–Trinajstić information content (AvgIpc) is 3.44. The maximum atomic E-state index is 13.1. The number of thiocarbonyl (C=S) groups is 1. The summed E-state index contributed by atoms with van der Waals surface area (Å²) in [6, 6.07) is 22.7. The minimum absolute atomic E-state index is 0.0288. The van der Waals surface area contributed by atoms with Crippen LogP contribution in [0.1, 0.15) is 64.8 Å². The van der Waals surface area contributed by atoms with E-state index < -0.39 is 0 Å². The number of benzene rings is 2. The highest BCUT2D eigenvalue weighted by atomic mass is 32.1. The second kappa shape index (κ2) is 11.6. The summed E-state index contributed by atoms with van der Waals surface area (Å²) in [5.74, 6) is -0.0288. The number of anilines is 1. The van der Waals surface area contributed by atoms with Crippen LogP contribution in [0.3, 0.4) is 0 Å². The molecule has 206 valence electrons. The van der Waals surface area contributed by atoms with Gasteiger partial charge in [-0.25, -0.2) is 0 Å². The first-order valence-electron chi connectivity index (χ1n) is 13.9. The molecular weight excluding hydrogens is 514 g/mol. The normalized spacial score (nSPS) is 16.7. The van der Waals surface area contributed by atoms with Crippen molar-refractivity contribution in [3.63, 3.8) is 0 Å². The largest absolute Gasteiger partial charge is 0.352 e. The molecule has 1 amide bonds. The number of aromatic nitrogens is 2. The molecule has 0 unspecified atom stereocenters. The summed E-state index contributed by atoms with van der Waals surface area (Å²) in [7, 11) is 0. The number of amides is 1. The van der Waals surface area contributed by atoms with E-state index in [1.54, 1.807) is 0 Å². The highest BCUT2D eigenvalue weighted by molar-refractivity contribution is 7.80. The van der Waals surface area contributed by atoms with Crippen LogP contribution in [0.5, 0.6) is 0 Å². The van der Waals surface area contributed by atoms with Crippen LogP contribution in [-0.4, -0.2) is 32.0 Å². The maximum Gasteiger partial charge on any atom is 0.226 e. The number of carbonyl (C=O) groups excluding carboxylic acids is 1. The Hall–Kier alpha value is -3.97. The molecule has 0 bridgehead atoms. The fraction of sp³-hybridized carbons (Fsp3) is 0.303.